The van der Waals surface area contributed by atoms with Gasteiger partial charge in [-0.15, -0.1) is 11.3 Å². The average molecular weight is 341 g/mol. The second kappa shape index (κ2) is 5.99. The van der Waals surface area contributed by atoms with Crippen LogP contribution in [0.2, 0.25) is 0 Å². The van der Waals surface area contributed by atoms with Crippen molar-refractivity contribution >= 4 is 27.4 Å². The molecule has 0 atom stereocenters. The summed E-state index contributed by atoms with van der Waals surface area (Å²) in [5.74, 6) is 1.61. The van der Waals surface area contributed by atoms with Gasteiger partial charge >= 0.3 is 0 Å². The van der Waals surface area contributed by atoms with Crippen LogP contribution in [0.15, 0.2) is 34.8 Å². The Morgan fingerprint density at radius 1 is 1.38 bits per heavy atom. The number of nitrogens with two attached hydrogens (primary N) is 1. The summed E-state index contributed by atoms with van der Waals surface area (Å²) < 4.78 is 5.00. The van der Waals surface area contributed by atoms with E-state index in [1.807, 2.05) is 0 Å². The zero-order valence-electron chi connectivity index (χ0n) is 13.7. The number of rotatable bonds is 4. The van der Waals surface area contributed by atoms with E-state index < -0.39 is 0 Å². The zero-order chi connectivity index (χ0) is 16.7. The largest absolute Gasteiger partial charge is 0.451 e. The van der Waals surface area contributed by atoms with Gasteiger partial charge in [0.1, 0.15) is 22.6 Å². The number of nitrogens with zero attached hydrogens (tertiary/aromatic N) is 4. The van der Waals surface area contributed by atoms with E-state index in [2.05, 4.69) is 45.8 Å². The second-order valence-electron chi connectivity index (χ2n) is 6.34. The van der Waals surface area contributed by atoms with Crippen molar-refractivity contribution in [1.82, 2.24) is 19.9 Å². The average Bonchev–Trinajstić information content (AvgIpc) is 3.27. The molecule has 4 rings (SSSR count). The summed E-state index contributed by atoms with van der Waals surface area (Å²) in [5, 5.41) is 0.915. The van der Waals surface area contributed by atoms with Gasteiger partial charge in [0.25, 0.3) is 0 Å². The van der Waals surface area contributed by atoms with Crippen LogP contribution in [0.4, 0.5) is 5.82 Å². The highest BCUT2D eigenvalue weighted by Crippen LogP contribution is 2.31. The lowest BCUT2D eigenvalue weighted by Crippen LogP contribution is -2.20. The molecule has 124 valence electrons. The molecule has 0 aliphatic carbocycles. The van der Waals surface area contributed by atoms with Crippen LogP contribution in [-0.4, -0.2) is 32.9 Å². The van der Waals surface area contributed by atoms with Gasteiger partial charge in [-0.25, -0.2) is 15.0 Å². The maximum Gasteiger partial charge on any atom is 0.184 e. The lowest BCUT2D eigenvalue weighted by Gasteiger charge is -2.15. The quantitative estimate of drug-likeness (QED) is 0.733. The predicted molar refractivity (Wildman–Crippen MR) is 95.5 cm³/mol. The molecule has 0 aromatic carbocycles. The summed E-state index contributed by atoms with van der Waals surface area (Å²) in [6.07, 6.45) is 5.24. The number of hydrogen-bond donors (Lipinski definition) is 1. The number of hydrogen-bond acceptors (Lipinski definition) is 7. The molecule has 0 saturated carbocycles. The van der Waals surface area contributed by atoms with Crippen molar-refractivity contribution in [2.75, 3.05) is 18.8 Å². The Labute approximate surface area is 144 Å². The number of oxazole rings is 1. The number of thiophene rings is 1. The monoisotopic (exact) mass is 341 g/mol. The van der Waals surface area contributed by atoms with Crippen LogP contribution in [0.3, 0.4) is 0 Å². The summed E-state index contributed by atoms with van der Waals surface area (Å²) in [6.45, 7) is 7.45. The smallest absolute Gasteiger partial charge is 0.184 e. The van der Waals surface area contributed by atoms with E-state index in [1.54, 1.807) is 11.3 Å². The first-order valence-corrected chi connectivity index (χ1v) is 8.77. The van der Waals surface area contributed by atoms with Crippen molar-refractivity contribution < 1.29 is 4.42 Å². The highest BCUT2D eigenvalue weighted by atomic mass is 32.1. The van der Waals surface area contributed by atoms with Gasteiger partial charge in [-0.05, 0) is 12.0 Å². The number of nitrogen functional groups attached to an aromatic ring is 1. The molecular weight excluding hydrogens is 322 g/mol. The van der Waals surface area contributed by atoms with Crippen LogP contribution >= 0.6 is 11.3 Å². The summed E-state index contributed by atoms with van der Waals surface area (Å²) >= 11 is 1.67. The van der Waals surface area contributed by atoms with Crippen LogP contribution in [0.1, 0.15) is 18.7 Å². The van der Waals surface area contributed by atoms with Gasteiger partial charge in [0.05, 0.1) is 5.39 Å². The Balaban J connectivity index is 1.59. The molecule has 4 heterocycles. The Morgan fingerprint density at radius 3 is 2.96 bits per heavy atom. The van der Waals surface area contributed by atoms with Gasteiger partial charge in [-0.2, -0.15) is 0 Å². The van der Waals surface area contributed by atoms with E-state index in [-0.39, 0.29) is 0 Å². The molecule has 0 radical (unpaired) electrons. The van der Waals surface area contributed by atoms with Gasteiger partial charge in [0, 0.05) is 24.5 Å². The SMILES string of the molecule is CC(C)C1=CCN(Cc2cc3c(N)nc(-c4cocn4)nc3s2)C1. The van der Waals surface area contributed by atoms with Gasteiger partial charge in [-0.3, -0.25) is 4.90 Å². The summed E-state index contributed by atoms with van der Waals surface area (Å²) in [4.78, 5) is 17.6. The normalized spacial score (nSPS) is 15.5. The molecule has 3 aromatic rings. The molecule has 1 aliphatic heterocycles. The van der Waals surface area contributed by atoms with Crippen LogP contribution in [0.5, 0.6) is 0 Å². The molecule has 6 nitrogen and oxygen atoms in total. The Morgan fingerprint density at radius 2 is 2.25 bits per heavy atom. The first-order chi connectivity index (χ1) is 11.6. The molecule has 0 amide bonds. The van der Waals surface area contributed by atoms with E-state index >= 15 is 0 Å². The lowest BCUT2D eigenvalue weighted by molar-refractivity contribution is 0.338. The first kappa shape index (κ1) is 15.3. The minimum atomic E-state index is 0.489. The number of aromatic nitrogens is 3. The molecule has 0 fully saturated rings. The molecule has 2 N–H and O–H groups in total. The van der Waals surface area contributed by atoms with E-state index in [0.717, 1.165) is 29.9 Å². The van der Waals surface area contributed by atoms with Crippen molar-refractivity contribution in [2.24, 2.45) is 5.92 Å². The Hall–Kier alpha value is -2.25. The minimum absolute atomic E-state index is 0.489. The molecular formula is C17H19N5OS. The second-order valence-corrected chi connectivity index (χ2v) is 7.46. The van der Waals surface area contributed by atoms with Crippen LogP contribution in [-0.2, 0) is 6.54 Å². The maximum atomic E-state index is 6.12. The fourth-order valence-corrected chi connectivity index (χ4v) is 3.98. The van der Waals surface area contributed by atoms with Crippen LogP contribution in [0, 0.1) is 5.92 Å². The summed E-state index contributed by atoms with van der Waals surface area (Å²) in [6, 6.07) is 2.11. The highest BCUT2D eigenvalue weighted by molar-refractivity contribution is 7.18. The van der Waals surface area contributed by atoms with Crippen LogP contribution in [0.25, 0.3) is 21.7 Å². The van der Waals surface area contributed by atoms with E-state index in [0.29, 0.717) is 23.3 Å². The summed E-state index contributed by atoms with van der Waals surface area (Å²) in [7, 11) is 0. The zero-order valence-corrected chi connectivity index (χ0v) is 14.5. The van der Waals surface area contributed by atoms with E-state index in [1.165, 1.54) is 23.1 Å². The Kier molecular flexibility index (Phi) is 3.82. The lowest BCUT2D eigenvalue weighted by atomic mass is 10.1. The molecule has 7 heteroatoms. The van der Waals surface area contributed by atoms with Gasteiger partial charge in [0.15, 0.2) is 12.2 Å². The molecule has 0 unspecified atom stereocenters. The van der Waals surface area contributed by atoms with Crippen molar-refractivity contribution in [3.8, 4) is 11.5 Å². The van der Waals surface area contributed by atoms with Crippen molar-refractivity contribution in [1.29, 1.82) is 0 Å². The van der Waals surface area contributed by atoms with Crippen molar-refractivity contribution in [3.05, 3.63) is 35.2 Å². The third kappa shape index (κ3) is 2.81. The van der Waals surface area contributed by atoms with Crippen LogP contribution < -0.4 is 5.73 Å². The third-order valence-corrected chi connectivity index (χ3v) is 5.29. The third-order valence-electron chi connectivity index (χ3n) is 4.27. The van der Waals surface area contributed by atoms with Gasteiger partial charge < -0.3 is 10.2 Å². The van der Waals surface area contributed by atoms with Crippen molar-refractivity contribution in [2.45, 2.75) is 20.4 Å². The fourth-order valence-electron chi connectivity index (χ4n) is 2.90. The minimum Gasteiger partial charge on any atom is -0.451 e. The fraction of sp³-hybridized carbons (Fsp3) is 0.353. The van der Waals surface area contributed by atoms with Crippen molar-refractivity contribution in [3.63, 3.8) is 0 Å². The summed E-state index contributed by atoms with van der Waals surface area (Å²) in [5.41, 5.74) is 8.24. The number of anilines is 1. The Bertz CT molecular complexity index is 897. The maximum absolute atomic E-state index is 6.12. The van der Waals surface area contributed by atoms with Gasteiger partial charge in [-0.1, -0.05) is 25.5 Å². The standard InChI is InChI=1S/C17H19N5OS/c1-10(2)11-3-4-22(6-11)7-12-5-13-15(18)20-16(21-17(13)24-12)14-8-23-9-19-14/h3,5,8-10H,4,6-7H2,1-2H3,(H2,18,20,21). The molecule has 3 aromatic heterocycles. The molecule has 0 bridgehead atoms. The predicted octanol–water partition coefficient (Wildman–Crippen LogP) is 3.33. The topological polar surface area (TPSA) is 81.1 Å². The van der Waals surface area contributed by atoms with Gasteiger partial charge in [0.2, 0.25) is 0 Å². The van der Waals surface area contributed by atoms with E-state index in [9.17, 15) is 0 Å². The first-order valence-electron chi connectivity index (χ1n) is 7.96. The molecule has 1 aliphatic rings. The highest BCUT2D eigenvalue weighted by Gasteiger charge is 2.18. The van der Waals surface area contributed by atoms with E-state index in [4.69, 9.17) is 10.2 Å². The number of fused-ring (bicyclic) bond motifs is 1. The molecule has 0 saturated heterocycles. The molecule has 24 heavy (non-hydrogen) atoms. The molecule has 0 spiro atoms.